The number of fused-ring (bicyclic) bond motifs is 8. The van der Waals surface area contributed by atoms with Crippen LogP contribution >= 0.6 is 31.9 Å². The van der Waals surface area contributed by atoms with Gasteiger partial charge in [-0.25, -0.2) is 0 Å². The predicted octanol–water partition coefficient (Wildman–Crippen LogP) is -1.21. The van der Waals surface area contributed by atoms with Gasteiger partial charge >= 0.3 is 0 Å². The summed E-state index contributed by atoms with van der Waals surface area (Å²) in [7, 11) is 0. The predicted molar refractivity (Wildman–Crippen MR) is 272 cm³/mol. The maximum Gasteiger partial charge on any atom is 0.182 e. The summed E-state index contributed by atoms with van der Waals surface area (Å²) in [5, 5.41) is 22.2. The number of rotatable bonds is 11. The zero-order valence-electron chi connectivity index (χ0n) is 38.7. The van der Waals surface area contributed by atoms with Crippen LogP contribution in [0.5, 0.6) is 0 Å². The minimum Gasteiger partial charge on any atom is -0.329 e. The Morgan fingerprint density at radius 2 is 0.683 bits per heavy atom. The van der Waals surface area contributed by atoms with Crippen molar-refractivity contribution in [1.82, 2.24) is 71.1 Å². The fourth-order valence-corrected chi connectivity index (χ4v) is 9.43. The van der Waals surface area contributed by atoms with Crippen molar-refractivity contribution in [3.8, 4) is 0 Å². The first-order valence-corrected chi connectivity index (χ1v) is 26.2. The summed E-state index contributed by atoms with van der Waals surface area (Å²) >= 11 is 6.56. The second-order valence-electron chi connectivity index (χ2n) is 16.7. The molecule has 0 amide bonds. The van der Waals surface area contributed by atoms with Crippen molar-refractivity contribution in [2.75, 3.05) is 221 Å². The highest BCUT2D eigenvalue weighted by Gasteiger charge is 2.24. The molecule has 7 aliphatic rings. The molecule has 20 heteroatoms. The summed E-state index contributed by atoms with van der Waals surface area (Å²) in [5.74, 6) is 0. The lowest BCUT2D eigenvalue weighted by atomic mass is 10.2. The second kappa shape index (κ2) is 44.2. The lowest BCUT2D eigenvalue weighted by Crippen LogP contribution is -2.54. The number of nitrogens with zero attached hydrogens (tertiary/aromatic N) is 8. The Morgan fingerprint density at radius 3 is 0.905 bits per heavy atom. The van der Waals surface area contributed by atoms with Gasteiger partial charge in [0.15, 0.2) is 12.6 Å². The smallest absolute Gasteiger partial charge is 0.182 e. The van der Waals surface area contributed by atoms with Crippen LogP contribution in [-0.2, 0) is 9.59 Å². The molecule has 0 saturated carbocycles. The van der Waals surface area contributed by atoms with Crippen LogP contribution in [0.3, 0.4) is 0 Å². The van der Waals surface area contributed by atoms with E-state index in [9.17, 15) is 0 Å². The molecule has 18 nitrogen and oxygen atoms in total. The van der Waals surface area contributed by atoms with Gasteiger partial charge in [-0.1, -0.05) is 39.3 Å². The third kappa shape index (κ3) is 33.7. The largest absolute Gasteiger partial charge is 0.329 e. The Morgan fingerprint density at radius 1 is 0.413 bits per heavy atom. The first-order chi connectivity index (χ1) is 30.5. The fourth-order valence-electron chi connectivity index (χ4n) is 8.12. The first-order valence-electron chi connectivity index (χ1n) is 24.0. The highest BCUT2D eigenvalue weighted by molar-refractivity contribution is 9.09. The van der Waals surface area contributed by atoms with Crippen molar-refractivity contribution >= 4 is 44.4 Å². The molecular formula is C43H96Br2N16O2. The van der Waals surface area contributed by atoms with Crippen molar-refractivity contribution in [2.24, 2.45) is 11.5 Å². The van der Waals surface area contributed by atoms with E-state index in [1.165, 1.54) is 163 Å². The van der Waals surface area contributed by atoms with Gasteiger partial charge in [-0.3, -0.25) is 48.8 Å². The number of nitrogens with one attached hydrogen (secondary N) is 6. The third-order valence-corrected chi connectivity index (χ3v) is 12.6. The van der Waals surface area contributed by atoms with Crippen LogP contribution in [0.4, 0.5) is 0 Å². The number of alkyl halides is 2. The minimum atomic E-state index is 0. The number of carbonyl (C=O) groups is 2. The molecule has 8 bridgehead atoms. The van der Waals surface area contributed by atoms with Gasteiger partial charge in [-0.2, -0.15) is 0 Å². The number of hydrogen-bond acceptors (Lipinski definition) is 18. The lowest BCUT2D eigenvalue weighted by molar-refractivity contribution is -0.122. The molecule has 0 aliphatic carbocycles. The van der Waals surface area contributed by atoms with E-state index in [1.807, 2.05) is 0 Å². The van der Waals surface area contributed by atoms with Crippen LogP contribution < -0.4 is 43.4 Å². The van der Waals surface area contributed by atoms with E-state index in [0.717, 1.165) is 95.9 Å². The SMILES string of the molecule is BrCCCBr.C.C1CN2CCN3CCCN(CCN(C1)C2)C3.C1CN2CCNCNCCN(C1)C2.C1CN2CCNCNCCN(C1)C2.NCCNCCCNCCN.O=CC=O. The molecule has 7 heterocycles. The summed E-state index contributed by atoms with van der Waals surface area (Å²) in [5.41, 5.74) is 10.6. The molecule has 0 radical (unpaired) electrons. The number of halogens is 2. The van der Waals surface area contributed by atoms with Gasteiger partial charge in [0.25, 0.3) is 0 Å². The van der Waals surface area contributed by atoms with Crippen LogP contribution in [0, 0.1) is 0 Å². The standard InChI is InChI=1S/C12H24N4.2C9H20N4.C7H20N4.C3H6Br2.C2H2O2.CH4/c1-3-13-7-9-15-5-2-6-16(12-15)10-8-14(4-1)11-13;2*1-4-12-6-2-10-8-11-3-7-13(5-1)9-12;8-2-6-10-4-1-5-11-7-3-9;4-2-1-3-5;3-1-2-4;/h1-12H2;2*10-11H,1-9H2;10-11H,1-9H2;1-3H2;1-2H;1H4. The summed E-state index contributed by atoms with van der Waals surface area (Å²) in [4.78, 5) is 38.3. The zero-order valence-corrected chi connectivity index (χ0v) is 41.9. The molecule has 7 rings (SSSR count). The third-order valence-electron chi connectivity index (χ3n) is 11.5. The second-order valence-corrected chi connectivity index (χ2v) is 18.3. The van der Waals surface area contributed by atoms with Gasteiger partial charge < -0.3 is 43.4 Å². The Hall–Kier alpha value is -0.340. The number of hydrogen-bond donors (Lipinski definition) is 8. The van der Waals surface area contributed by atoms with Gasteiger partial charge in [0, 0.05) is 181 Å². The number of carbonyl (C=O) groups excluding carboxylic acids is 2. The molecule has 7 saturated heterocycles. The summed E-state index contributed by atoms with van der Waals surface area (Å²) in [6.07, 6.45) is 8.14. The molecule has 0 spiro atoms. The van der Waals surface area contributed by atoms with Crippen LogP contribution in [0.2, 0.25) is 0 Å². The Balaban J connectivity index is 0.000000395. The monoisotopic (exact) mass is 1030 g/mol. The highest BCUT2D eigenvalue weighted by atomic mass is 79.9. The van der Waals surface area contributed by atoms with Crippen molar-refractivity contribution in [3.05, 3.63) is 0 Å². The maximum absolute atomic E-state index is 8.81. The van der Waals surface area contributed by atoms with Crippen molar-refractivity contribution in [3.63, 3.8) is 0 Å². The average molecular weight is 1030 g/mol. The normalized spacial score (nSPS) is 29.5. The van der Waals surface area contributed by atoms with E-state index in [4.69, 9.17) is 21.1 Å². The minimum absolute atomic E-state index is 0. The van der Waals surface area contributed by atoms with Gasteiger partial charge in [0.2, 0.25) is 0 Å². The van der Waals surface area contributed by atoms with E-state index in [1.54, 1.807) is 0 Å². The Labute approximate surface area is 401 Å². The summed E-state index contributed by atoms with van der Waals surface area (Å²) in [6, 6.07) is 0. The van der Waals surface area contributed by atoms with Crippen LogP contribution in [0.1, 0.15) is 46.0 Å². The zero-order chi connectivity index (χ0) is 44.6. The topological polar surface area (TPSA) is 184 Å². The molecule has 0 aromatic rings. The van der Waals surface area contributed by atoms with E-state index in [-0.39, 0.29) is 20.0 Å². The lowest BCUT2D eigenvalue weighted by Gasteiger charge is -2.42. The van der Waals surface area contributed by atoms with Crippen molar-refractivity contribution in [2.45, 2.75) is 46.0 Å². The number of nitrogens with two attached hydrogens (primary N) is 2. The molecule has 7 aliphatic heterocycles. The molecule has 10 N–H and O–H groups in total. The van der Waals surface area contributed by atoms with Crippen LogP contribution in [0.25, 0.3) is 0 Å². The molecule has 7 fully saturated rings. The molecule has 8 atom stereocenters. The van der Waals surface area contributed by atoms with Crippen LogP contribution in [0.15, 0.2) is 0 Å². The molecule has 0 aromatic heterocycles. The van der Waals surface area contributed by atoms with E-state index >= 15 is 0 Å². The van der Waals surface area contributed by atoms with Gasteiger partial charge in [-0.05, 0) is 51.6 Å². The molecule has 374 valence electrons. The van der Waals surface area contributed by atoms with E-state index in [0.29, 0.717) is 0 Å². The average Bonchev–Trinajstić information content (AvgIpc) is 3.31. The summed E-state index contributed by atoms with van der Waals surface area (Å²) in [6.45, 7) is 36.7. The maximum atomic E-state index is 8.81. The quantitative estimate of drug-likeness (QED) is 0.0534. The number of aldehydes is 2. The summed E-state index contributed by atoms with van der Waals surface area (Å²) < 4.78 is 0. The van der Waals surface area contributed by atoms with Gasteiger partial charge in [0.05, 0.1) is 26.7 Å². The highest BCUT2D eigenvalue weighted by Crippen LogP contribution is 2.12. The van der Waals surface area contributed by atoms with Crippen molar-refractivity contribution in [1.29, 1.82) is 0 Å². The van der Waals surface area contributed by atoms with Gasteiger partial charge in [-0.15, -0.1) is 0 Å². The fraction of sp³-hybridized carbons (Fsp3) is 0.953. The van der Waals surface area contributed by atoms with E-state index in [2.05, 4.69) is 103 Å². The first kappa shape index (κ1) is 60.7. The molecule has 8 unspecified atom stereocenters. The van der Waals surface area contributed by atoms with E-state index < -0.39 is 0 Å². The molecular weight excluding hydrogens is 932 g/mol. The Kier molecular flexibility index (Phi) is 42.6. The van der Waals surface area contributed by atoms with Gasteiger partial charge in [0.1, 0.15) is 0 Å². The van der Waals surface area contributed by atoms with Crippen molar-refractivity contribution < 1.29 is 9.59 Å². The molecule has 0 aromatic carbocycles. The Bertz CT molecular complexity index is 899. The van der Waals surface area contributed by atoms with Crippen LogP contribution in [-0.4, -0.2) is 273 Å². The molecule has 63 heavy (non-hydrogen) atoms.